The highest BCUT2D eigenvalue weighted by molar-refractivity contribution is 7.80. The molecule has 1 rings (SSSR count). The summed E-state index contributed by atoms with van der Waals surface area (Å²) in [5.74, 6) is -2.19. The van der Waals surface area contributed by atoms with Gasteiger partial charge in [0.05, 0.1) is 5.69 Å². The van der Waals surface area contributed by atoms with Crippen LogP contribution in [-0.2, 0) is 0 Å². The number of thiocarbonyl (C=S) groups is 1. The molecule has 0 radical (unpaired) electrons. The lowest BCUT2D eigenvalue weighted by Gasteiger charge is -2.11. The minimum atomic E-state index is -1.37. The Labute approximate surface area is 90.9 Å². The van der Waals surface area contributed by atoms with Crippen molar-refractivity contribution in [1.82, 2.24) is 0 Å². The highest BCUT2D eigenvalue weighted by atomic mass is 32.1. The smallest absolute Gasteiger partial charge is 0.340 e. The van der Waals surface area contributed by atoms with Crippen molar-refractivity contribution in [3.05, 3.63) is 29.1 Å². The predicted molar refractivity (Wildman–Crippen MR) is 58.5 cm³/mol. The highest BCUT2D eigenvalue weighted by Crippen LogP contribution is 2.23. The van der Waals surface area contributed by atoms with E-state index in [0.29, 0.717) is 5.56 Å². The molecule has 1 aromatic carbocycles. The van der Waals surface area contributed by atoms with Crippen molar-refractivity contribution in [2.75, 3.05) is 5.32 Å². The molecule has 0 aliphatic carbocycles. The van der Waals surface area contributed by atoms with Gasteiger partial charge in [-0.2, -0.15) is 0 Å². The molecule has 0 heterocycles. The molecule has 1 aromatic rings. The molecule has 0 saturated heterocycles. The third kappa shape index (κ3) is 2.41. The first kappa shape index (κ1) is 11.4. The van der Waals surface area contributed by atoms with Crippen molar-refractivity contribution in [2.24, 2.45) is 5.73 Å². The zero-order valence-corrected chi connectivity index (χ0v) is 8.69. The van der Waals surface area contributed by atoms with Gasteiger partial charge in [0, 0.05) is 0 Å². The summed E-state index contributed by atoms with van der Waals surface area (Å²) in [6, 6.07) is 2.53. The maximum absolute atomic E-state index is 13.2. The molecule has 0 aromatic heterocycles. The summed E-state index contributed by atoms with van der Waals surface area (Å²) in [5, 5.41) is 11.2. The Balaban J connectivity index is 3.38. The van der Waals surface area contributed by atoms with Gasteiger partial charge in [0.2, 0.25) is 0 Å². The molecule has 0 unspecified atom stereocenters. The first-order chi connectivity index (χ1) is 6.93. The Kier molecular flexibility index (Phi) is 3.21. The molecule has 0 spiro atoms. The number of halogens is 1. The number of hydrogen-bond acceptors (Lipinski definition) is 2. The van der Waals surface area contributed by atoms with Crippen LogP contribution >= 0.6 is 12.2 Å². The molecule has 0 aliphatic heterocycles. The zero-order valence-electron chi connectivity index (χ0n) is 7.87. The van der Waals surface area contributed by atoms with Crippen LogP contribution in [0.15, 0.2) is 12.1 Å². The Morgan fingerprint density at radius 2 is 2.20 bits per heavy atom. The van der Waals surface area contributed by atoms with Crippen LogP contribution in [0.2, 0.25) is 0 Å². The van der Waals surface area contributed by atoms with E-state index in [-0.39, 0.29) is 10.8 Å². The maximum atomic E-state index is 13.2. The van der Waals surface area contributed by atoms with Crippen molar-refractivity contribution in [3.8, 4) is 0 Å². The fourth-order valence-corrected chi connectivity index (χ4v) is 1.28. The molecule has 0 saturated carbocycles. The SMILES string of the molecule is Cc1ccc(F)c(C(=O)O)c1NC(N)=S. The van der Waals surface area contributed by atoms with Crippen LogP contribution in [-0.4, -0.2) is 16.2 Å². The number of carboxylic acid groups (broad SMARTS) is 1. The molecule has 4 nitrogen and oxygen atoms in total. The van der Waals surface area contributed by atoms with Crippen LogP contribution in [0.1, 0.15) is 15.9 Å². The number of carbonyl (C=O) groups is 1. The summed E-state index contributed by atoms with van der Waals surface area (Å²) in [4.78, 5) is 10.8. The van der Waals surface area contributed by atoms with Gasteiger partial charge in [0.25, 0.3) is 0 Å². The Morgan fingerprint density at radius 3 is 2.67 bits per heavy atom. The number of nitrogens with one attached hydrogen (secondary N) is 1. The maximum Gasteiger partial charge on any atom is 0.340 e. The average Bonchev–Trinajstić information content (AvgIpc) is 2.10. The quantitative estimate of drug-likeness (QED) is 0.669. The molecule has 80 valence electrons. The molecular formula is C9H9FN2O2S. The van der Waals surface area contributed by atoms with E-state index in [1.165, 1.54) is 6.07 Å². The topological polar surface area (TPSA) is 75.3 Å². The predicted octanol–water partition coefficient (Wildman–Crippen LogP) is 1.49. The lowest BCUT2D eigenvalue weighted by molar-refractivity contribution is 0.0693. The number of hydrogen-bond donors (Lipinski definition) is 3. The molecule has 15 heavy (non-hydrogen) atoms. The number of anilines is 1. The van der Waals surface area contributed by atoms with E-state index in [0.717, 1.165) is 6.07 Å². The van der Waals surface area contributed by atoms with Gasteiger partial charge in [-0.3, -0.25) is 0 Å². The van der Waals surface area contributed by atoms with Gasteiger partial charge in [0.1, 0.15) is 11.4 Å². The van der Waals surface area contributed by atoms with E-state index in [1.54, 1.807) is 6.92 Å². The lowest BCUT2D eigenvalue weighted by Crippen LogP contribution is -2.22. The third-order valence-electron chi connectivity index (χ3n) is 1.82. The van der Waals surface area contributed by atoms with E-state index >= 15 is 0 Å². The summed E-state index contributed by atoms with van der Waals surface area (Å²) >= 11 is 4.58. The van der Waals surface area contributed by atoms with Crippen LogP contribution in [0.25, 0.3) is 0 Å². The number of nitrogens with two attached hydrogens (primary N) is 1. The minimum absolute atomic E-state index is 0.0926. The van der Waals surface area contributed by atoms with E-state index < -0.39 is 17.3 Å². The standard InChI is InChI=1S/C9H9FN2O2S/c1-4-2-3-5(10)6(8(13)14)7(4)12-9(11)15/h2-3H,1H3,(H,13,14)(H3,11,12,15). The van der Waals surface area contributed by atoms with Crippen LogP contribution in [0, 0.1) is 12.7 Å². The molecule has 4 N–H and O–H groups in total. The average molecular weight is 228 g/mol. The summed E-state index contributed by atoms with van der Waals surface area (Å²) in [6.45, 7) is 1.63. The number of benzene rings is 1. The second-order valence-electron chi connectivity index (χ2n) is 2.91. The summed E-state index contributed by atoms with van der Waals surface area (Å²) in [7, 11) is 0. The van der Waals surface area contributed by atoms with Gasteiger partial charge in [-0.05, 0) is 30.8 Å². The molecule has 0 amide bonds. The van der Waals surface area contributed by atoms with Crippen LogP contribution in [0.4, 0.5) is 10.1 Å². The van der Waals surface area contributed by atoms with Crippen LogP contribution < -0.4 is 11.1 Å². The summed E-state index contributed by atoms with van der Waals surface area (Å²) in [5.41, 5.74) is 5.41. The fraction of sp³-hybridized carbons (Fsp3) is 0.111. The van der Waals surface area contributed by atoms with Gasteiger partial charge < -0.3 is 16.2 Å². The molecule has 0 atom stereocenters. The molecular weight excluding hydrogens is 219 g/mol. The van der Waals surface area contributed by atoms with E-state index in [2.05, 4.69) is 17.5 Å². The van der Waals surface area contributed by atoms with Crippen molar-refractivity contribution in [3.63, 3.8) is 0 Å². The second-order valence-corrected chi connectivity index (χ2v) is 3.35. The number of carboxylic acids is 1. The Bertz CT molecular complexity index is 434. The fourth-order valence-electron chi connectivity index (χ4n) is 1.17. The number of rotatable bonds is 2. The molecule has 0 bridgehead atoms. The molecule has 0 fully saturated rings. The van der Waals surface area contributed by atoms with Gasteiger partial charge in [-0.15, -0.1) is 0 Å². The van der Waals surface area contributed by atoms with Gasteiger partial charge in [-0.25, -0.2) is 9.18 Å². The highest BCUT2D eigenvalue weighted by Gasteiger charge is 2.18. The van der Waals surface area contributed by atoms with E-state index in [4.69, 9.17) is 10.8 Å². The Hall–Kier alpha value is -1.69. The summed E-state index contributed by atoms with van der Waals surface area (Å²) < 4.78 is 13.2. The Morgan fingerprint density at radius 1 is 1.60 bits per heavy atom. The van der Waals surface area contributed by atoms with Gasteiger partial charge in [0.15, 0.2) is 5.11 Å². The van der Waals surface area contributed by atoms with Crippen molar-refractivity contribution in [1.29, 1.82) is 0 Å². The first-order valence-electron chi connectivity index (χ1n) is 4.02. The lowest BCUT2D eigenvalue weighted by atomic mass is 10.1. The zero-order chi connectivity index (χ0) is 11.6. The normalized spacial score (nSPS) is 9.73. The molecule has 0 aliphatic rings. The van der Waals surface area contributed by atoms with Gasteiger partial charge >= 0.3 is 5.97 Å². The second kappa shape index (κ2) is 4.22. The van der Waals surface area contributed by atoms with Crippen LogP contribution in [0.3, 0.4) is 0 Å². The van der Waals surface area contributed by atoms with Crippen LogP contribution in [0.5, 0.6) is 0 Å². The van der Waals surface area contributed by atoms with Crippen molar-refractivity contribution < 1.29 is 14.3 Å². The van der Waals surface area contributed by atoms with Crippen molar-refractivity contribution in [2.45, 2.75) is 6.92 Å². The monoisotopic (exact) mass is 228 g/mol. The van der Waals surface area contributed by atoms with Crippen molar-refractivity contribution >= 4 is 29.0 Å². The number of aromatic carboxylic acids is 1. The molecule has 6 heteroatoms. The third-order valence-corrected chi connectivity index (χ3v) is 1.93. The van der Waals surface area contributed by atoms with E-state index in [9.17, 15) is 9.18 Å². The number of aryl methyl sites for hydroxylation is 1. The van der Waals surface area contributed by atoms with E-state index in [1.807, 2.05) is 0 Å². The first-order valence-corrected chi connectivity index (χ1v) is 4.43. The summed E-state index contributed by atoms with van der Waals surface area (Å²) in [6.07, 6.45) is 0. The largest absolute Gasteiger partial charge is 0.478 e. The van der Waals surface area contributed by atoms with Gasteiger partial charge in [-0.1, -0.05) is 6.07 Å². The minimum Gasteiger partial charge on any atom is -0.478 e.